The van der Waals surface area contributed by atoms with Crippen molar-refractivity contribution >= 4 is 29.1 Å². The SMILES string of the molecule is CCC(C)c1nc2ccccc2n1CC(O)COc1ccc([N+](=O)[O-])cc1.Cl. The fourth-order valence-electron chi connectivity index (χ4n) is 2.96. The van der Waals surface area contributed by atoms with Crippen molar-refractivity contribution in [2.75, 3.05) is 6.61 Å². The quantitative estimate of drug-likeness (QED) is 0.445. The second-order valence-corrected chi connectivity index (χ2v) is 6.59. The highest BCUT2D eigenvalue weighted by Crippen LogP contribution is 2.24. The first kappa shape index (κ1) is 21.7. The number of halogens is 1. The summed E-state index contributed by atoms with van der Waals surface area (Å²) >= 11 is 0. The molecule has 1 heterocycles. The van der Waals surface area contributed by atoms with E-state index in [9.17, 15) is 15.2 Å². The Morgan fingerprint density at radius 1 is 1.21 bits per heavy atom. The number of imidazole rings is 1. The van der Waals surface area contributed by atoms with Crippen LogP contribution in [0.25, 0.3) is 11.0 Å². The second kappa shape index (κ2) is 9.52. The average molecular weight is 406 g/mol. The van der Waals surface area contributed by atoms with Crippen LogP contribution in [-0.2, 0) is 6.54 Å². The molecule has 28 heavy (non-hydrogen) atoms. The normalized spacial score (nSPS) is 13.0. The van der Waals surface area contributed by atoms with Crippen LogP contribution in [0, 0.1) is 10.1 Å². The van der Waals surface area contributed by atoms with Gasteiger partial charge in [-0.1, -0.05) is 26.0 Å². The largest absolute Gasteiger partial charge is 0.491 e. The molecule has 0 fully saturated rings. The minimum absolute atomic E-state index is 0. The van der Waals surface area contributed by atoms with Gasteiger partial charge in [0, 0.05) is 18.1 Å². The summed E-state index contributed by atoms with van der Waals surface area (Å²) in [5.41, 5.74) is 1.91. The summed E-state index contributed by atoms with van der Waals surface area (Å²) in [6, 6.07) is 13.7. The molecule has 3 aromatic rings. The summed E-state index contributed by atoms with van der Waals surface area (Å²) in [5.74, 6) is 1.71. The van der Waals surface area contributed by atoms with E-state index >= 15 is 0 Å². The molecule has 0 saturated carbocycles. The lowest BCUT2D eigenvalue weighted by molar-refractivity contribution is -0.384. The van der Waals surface area contributed by atoms with E-state index in [1.54, 1.807) is 0 Å². The molecule has 2 unspecified atom stereocenters. The van der Waals surface area contributed by atoms with Crippen molar-refractivity contribution in [2.24, 2.45) is 0 Å². The maximum Gasteiger partial charge on any atom is 0.269 e. The van der Waals surface area contributed by atoms with E-state index in [0.717, 1.165) is 23.3 Å². The molecule has 1 aromatic heterocycles. The number of nitro benzene ring substituents is 1. The Morgan fingerprint density at radius 3 is 2.54 bits per heavy atom. The van der Waals surface area contributed by atoms with Crippen LogP contribution in [0.4, 0.5) is 5.69 Å². The summed E-state index contributed by atoms with van der Waals surface area (Å²) in [6.45, 7) is 4.69. The van der Waals surface area contributed by atoms with Gasteiger partial charge in [-0.3, -0.25) is 10.1 Å². The average Bonchev–Trinajstić information content (AvgIpc) is 3.04. The highest BCUT2D eigenvalue weighted by atomic mass is 35.5. The van der Waals surface area contributed by atoms with Crippen LogP contribution in [0.15, 0.2) is 48.5 Å². The van der Waals surface area contributed by atoms with Crippen molar-refractivity contribution in [3.63, 3.8) is 0 Å². The maximum atomic E-state index is 10.7. The highest BCUT2D eigenvalue weighted by Gasteiger charge is 2.18. The van der Waals surface area contributed by atoms with E-state index in [1.165, 1.54) is 24.3 Å². The van der Waals surface area contributed by atoms with Gasteiger partial charge >= 0.3 is 0 Å². The number of rotatable bonds is 8. The van der Waals surface area contributed by atoms with Crippen LogP contribution in [0.5, 0.6) is 5.75 Å². The van der Waals surface area contributed by atoms with Crippen LogP contribution in [0.2, 0.25) is 0 Å². The molecule has 3 rings (SSSR count). The molecule has 0 aliphatic heterocycles. The molecule has 8 heteroatoms. The van der Waals surface area contributed by atoms with Crippen LogP contribution >= 0.6 is 12.4 Å². The molecule has 2 atom stereocenters. The second-order valence-electron chi connectivity index (χ2n) is 6.59. The molecule has 0 bridgehead atoms. The number of hydrogen-bond acceptors (Lipinski definition) is 5. The maximum absolute atomic E-state index is 10.7. The van der Waals surface area contributed by atoms with Crippen LogP contribution < -0.4 is 4.74 Å². The fraction of sp³-hybridized carbons (Fsp3) is 0.350. The van der Waals surface area contributed by atoms with Crippen molar-refractivity contribution in [1.29, 1.82) is 0 Å². The summed E-state index contributed by atoms with van der Waals surface area (Å²) < 4.78 is 7.63. The fourth-order valence-corrected chi connectivity index (χ4v) is 2.96. The molecule has 0 saturated heterocycles. The number of hydrogen-bond donors (Lipinski definition) is 1. The predicted octanol–water partition coefficient (Wildman–Crippen LogP) is 4.32. The number of aliphatic hydroxyl groups excluding tert-OH is 1. The third kappa shape index (κ3) is 4.79. The number of nitro groups is 1. The number of non-ortho nitro benzene ring substituents is 1. The molecule has 7 nitrogen and oxygen atoms in total. The first-order valence-corrected chi connectivity index (χ1v) is 9.00. The zero-order chi connectivity index (χ0) is 19.4. The Balaban J connectivity index is 0.00000280. The summed E-state index contributed by atoms with van der Waals surface area (Å²) in [6.07, 6.45) is 0.222. The van der Waals surface area contributed by atoms with Crippen molar-refractivity contribution in [2.45, 2.75) is 38.8 Å². The smallest absolute Gasteiger partial charge is 0.269 e. The summed E-state index contributed by atoms with van der Waals surface area (Å²) in [5, 5.41) is 21.2. The van der Waals surface area contributed by atoms with Gasteiger partial charge in [0.2, 0.25) is 0 Å². The summed E-state index contributed by atoms with van der Waals surface area (Å²) in [7, 11) is 0. The van der Waals surface area contributed by atoms with Crippen molar-refractivity contribution < 1.29 is 14.8 Å². The summed E-state index contributed by atoms with van der Waals surface area (Å²) in [4.78, 5) is 15.0. The lowest BCUT2D eigenvalue weighted by Gasteiger charge is -2.17. The Kier molecular flexibility index (Phi) is 7.37. The van der Waals surface area contributed by atoms with Crippen molar-refractivity contribution in [1.82, 2.24) is 9.55 Å². The topological polar surface area (TPSA) is 90.4 Å². The van der Waals surface area contributed by atoms with E-state index < -0.39 is 11.0 Å². The van der Waals surface area contributed by atoms with E-state index in [2.05, 4.69) is 13.8 Å². The van der Waals surface area contributed by atoms with Crippen LogP contribution in [0.3, 0.4) is 0 Å². The van der Waals surface area contributed by atoms with Gasteiger partial charge in [-0.15, -0.1) is 12.4 Å². The number of aromatic nitrogens is 2. The Hall–Kier alpha value is -2.64. The first-order chi connectivity index (χ1) is 13.0. The highest BCUT2D eigenvalue weighted by molar-refractivity contribution is 5.85. The third-order valence-electron chi connectivity index (χ3n) is 4.62. The van der Waals surface area contributed by atoms with Gasteiger partial charge < -0.3 is 14.4 Å². The molecule has 1 N–H and O–H groups in total. The zero-order valence-corrected chi connectivity index (χ0v) is 16.6. The number of nitrogens with zero attached hydrogens (tertiary/aromatic N) is 3. The number of fused-ring (bicyclic) bond motifs is 1. The number of para-hydroxylation sites is 2. The van der Waals surface area contributed by atoms with Gasteiger partial charge in [0.05, 0.1) is 22.5 Å². The van der Waals surface area contributed by atoms with Gasteiger partial charge in [0.15, 0.2) is 0 Å². The van der Waals surface area contributed by atoms with Gasteiger partial charge in [0.1, 0.15) is 24.3 Å². The molecule has 0 aliphatic rings. The van der Waals surface area contributed by atoms with E-state index in [1.807, 2.05) is 28.8 Å². The Morgan fingerprint density at radius 2 is 1.89 bits per heavy atom. The van der Waals surface area contributed by atoms with Crippen molar-refractivity contribution in [3.05, 3.63) is 64.5 Å². The van der Waals surface area contributed by atoms with E-state index in [-0.39, 0.29) is 30.6 Å². The third-order valence-corrected chi connectivity index (χ3v) is 4.62. The minimum atomic E-state index is -0.736. The monoisotopic (exact) mass is 405 g/mol. The van der Waals surface area contributed by atoms with E-state index in [4.69, 9.17) is 9.72 Å². The number of benzene rings is 2. The molecular weight excluding hydrogens is 382 g/mol. The van der Waals surface area contributed by atoms with Gasteiger partial charge in [-0.2, -0.15) is 0 Å². The molecule has 150 valence electrons. The number of ether oxygens (including phenoxy) is 1. The minimum Gasteiger partial charge on any atom is -0.491 e. The standard InChI is InChI=1S/C20H23N3O4.ClH/c1-3-14(2)20-21-18-6-4-5-7-19(18)22(20)12-16(24)13-27-17-10-8-15(9-11-17)23(25)26;/h4-11,14,16,24H,3,12-13H2,1-2H3;1H. The van der Waals surface area contributed by atoms with E-state index in [0.29, 0.717) is 12.3 Å². The van der Waals surface area contributed by atoms with Gasteiger partial charge in [0.25, 0.3) is 5.69 Å². The number of aliphatic hydroxyl groups is 1. The first-order valence-electron chi connectivity index (χ1n) is 9.00. The van der Waals surface area contributed by atoms with Crippen LogP contribution in [0.1, 0.15) is 32.0 Å². The molecule has 2 aromatic carbocycles. The molecule has 0 amide bonds. The van der Waals surface area contributed by atoms with Gasteiger partial charge in [-0.25, -0.2) is 4.98 Å². The molecule has 0 spiro atoms. The van der Waals surface area contributed by atoms with Crippen LogP contribution in [-0.4, -0.2) is 32.3 Å². The lowest BCUT2D eigenvalue weighted by atomic mass is 10.1. The predicted molar refractivity (Wildman–Crippen MR) is 110 cm³/mol. The molecular formula is C20H24ClN3O4. The molecule has 0 radical (unpaired) electrons. The van der Waals surface area contributed by atoms with Gasteiger partial charge in [-0.05, 0) is 30.7 Å². The molecule has 0 aliphatic carbocycles. The van der Waals surface area contributed by atoms with Crippen molar-refractivity contribution in [3.8, 4) is 5.75 Å². The Labute approximate surface area is 169 Å². The zero-order valence-electron chi connectivity index (χ0n) is 15.8. The lowest BCUT2D eigenvalue weighted by Crippen LogP contribution is -2.25. The Bertz CT molecular complexity index is 927.